The number of carbonyl (C=O) groups is 1. The third-order valence-corrected chi connectivity index (χ3v) is 2.88. The van der Waals surface area contributed by atoms with Crippen LogP contribution >= 0.6 is 0 Å². The van der Waals surface area contributed by atoms with Crippen LogP contribution in [0.5, 0.6) is 5.75 Å². The summed E-state index contributed by atoms with van der Waals surface area (Å²) in [5, 5.41) is 14.9. The molecular formula is C14H21FN2O3. The number of amides is 1. The first-order valence-corrected chi connectivity index (χ1v) is 6.52. The lowest BCUT2D eigenvalue weighted by molar-refractivity contribution is -0.121. The molecule has 5 nitrogen and oxygen atoms in total. The quantitative estimate of drug-likeness (QED) is 0.630. The number of benzene rings is 1. The minimum absolute atomic E-state index is 0.0760. The van der Waals surface area contributed by atoms with Gasteiger partial charge >= 0.3 is 0 Å². The first kappa shape index (κ1) is 16.4. The average Bonchev–Trinajstić information content (AvgIpc) is 2.38. The number of aromatic hydroxyl groups is 1. The minimum atomic E-state index is -0.463. The number of hydrogen-bond acceptors (Lipinski definition) is 4. The summed E-state index contributed by atoms with van der Waals surface area (Å²) in [6, 6.07) is 3.81. The highest BCUT2D eigenvalue weighted by Crippen LogP contribution is 2.20. The Labute approximate surface area is 118 Å². The molecule has 0 aliphatic heterocycles. The molecule has 1 rings (SSSR count). The monoisotopic (exact) mass is 284 g/mol. The summed E-state index contributed by atoms with van der Waals surface area (Å²) in [7, 11) is 1.57. The SMILES string of the molecule is COCCNC(=O)CCNC(C)c1ccc(O)cc1F. The van der Waals surface area contributed by atoms with Crippen molar-refractivity contribution in [3.63, 3.8) is 0 Å². The number of rotatable bonds is 8. The molecule has 0 spiro atoms. The Morgan fingerprint density at radius 2 is 2.20 bits per heavy atom. The van der Waals surface area contributed by atoms with E-state index in [-0.39, 0.29) is 17.7 Å². The molecule has 0 saturated heterocycles. The van der Waals surface area contributed by atoms with Crippen LogP contribution in [0.3, 0.4) is 0 Å². The first-order valence-electron chi connectivity index (χ1n) is 6.52. The van der Waals surface area contributed by atoms with Gasteiger partial charge in [0, 0.05) is 44.3 Å². The van der Waals surface area contributed by atoms with E-state index in [0.29, 0.717) is 31.7 Å². The zero-order valence-electron chi connectivity index (χ0n) is 11.8. The van der Waals surface area contributed by atoms with Gasteiger partial charge in [0.15, 0.2) is 0 Å². The summed E-state index contributed by atoms with van der Waals surface area (Å²) in [5.74, 6) is -0.640. The van der Waals surface area contributed by atoms with Crippen LogP contribution in [0.4, 0.5) is 4.39 Å². The summed E-state index contributed by atoms with van der Waals surface area (Å²) in [5.41, 5.74) is 0.461. The molecule has 0 aromatic heterocycles. The number of phenols is 1. The van der Waals surface area contributed by atoms with Crippen molar-refractivity contribution >= 4 is 5.91 Å². The van der Waals surface area contributed by atoms with E-state index in [1.807, 2.05) is 0 Å². The molecule has 1 unspecified atom stereocenters. The maximum atomic E-state index is 13.6. The van der Waals surface area contributed by atoms with Crippen molar-refractivity contribution in [1.82, 2.24) is 10.6 Å². The lowest BCUT2D eigenvalue weighted by Crippen LogP contribution is -2.31. The van der Waals surface area contributed by atoms with Gasteiger partial charge in [0.2, 0.25) is 5.91 Å². The summed E-state index contributed by atoms with van der Waals surface area (Å²) in [6.45, 7) is 3.21. The second-order valence-corrected chi connectivity index (χ2v) is 4.47. The molecular weight excluding hydrogens is 263 g/mol. The molecule has 6 heteroatoms. The number of phenolic OH excluding ortho intramolecular Hbond substituents is 1. The Kier molecular flexibility index (Phi) is 6.97. The Balaban J connectivity index is 2.32. The van der Waals surface area contributed by atoms with Crippen LogP contribution in [0.2, 0.25) is 0 Å². The Hall–Kier alpha value is -1.66. The van der Waals surface area contributed by atoms with Gasteiger partial charge in [-0.15, -0.1) is 0 Å². The van der Waals surface area contributed by atoms with Crippen LogP contribution in [-0.2, 0) is 9.53 Å². The average molecular weight is 284 g/mol. The van der Waals surface area contributed by atoms with Gasteiger partial charge in [-0.3, -0.25) is 4.79 Å². The maximum Gasteiger partial charge on any atom is 0.221 e. The highest BCUT2D eigenvalue weighted by molar-refractivity contribution is 5.76. The van der Waals surface area contributed by atoms with Crippen molar-refractivity contribution in [2.75, 3.05) is 26.8 Å². The lowest BCUT2D eigenvalue weighted by atomic mass is 10.1. The van der Waals surface area contributed by atoms with Gasteiger partial charge in [-0.1, -0.05) is 6.07 Å². The fourth-order valence-electron chi connectivity index (χ4n) is 1.76. The largest absolute Gasteiger partial charge is 0.508 e. The summed E-state index contributed by atoms with van der Waals surface area (Å²) >= 11 is 0. The number of hydrogen-bond donors (Lipinski definition) is 3. The highest BCUT2D eigenvalue weighted by atomic mass is 19.1. The number of methoxy groups -OCH3 is 1. The molecule has 1 aromatic carbocycles. The first-order chi connectivity index (χ1) is 9.54. The molecule has 0 bridgehead atoms. The van der Waals surface area contributed by atoms with Crippen molar-refractivity contribution in [2.24, 2.45) is 0 Å². The van der Waals surface area contributed by atoms with E-state index < -0.39 is 5.82 Å². The zero-order chi connectivity index (χ0) is 15.0. The normalized spacial score (nSPS) is 12.2. The van der Waals surface area contributed by atoms with E-state index >= 15 is 0 Å². The van der Waals surface area contributed by atoms with Gasteiger partial charge in [-0.25, -0.2) is 4.39 Å². The molecule has 112 valence electrons. The van der Waals surface area contributed by atoms with E-state index in [1.54, 1.807) is 14.0 Å². The van der Waals surface area contributed by atoms with Crippen LogP contribution in [0, 0.1) is 5.82 Å². The Bertz CT molecular complexity index is 440. The van der Waals surface area contributed by atoms with Crippen molar-refractivity contribution in [3.05, 3.63) is 29.6 Å². The third-order valence-electron chi connectivity index (χ3n) is 2.88. The number of ether oxygens (including phenoxy) is 1. The van der Waals surface area contributed by atoms with Crippen molar-refractivity contribution in [3.8, 4) is 5.75 Å². The standard InChI is InChI=1S/C14H21FN2O3/c1-10(12-4-3-11(18)9-13(12)15)16-6-5-14(19)17-7-8-20-2/h3-4,9-10,16,18H,5-8H2,1-2H3,(H,17,19). The van der Waals surface area contributed by atoms with Gasteiger partial charge in [0.05, 0.1) is 6.61 Å². The second kappa shape index (κ2) is 8.50. The topological polar surface area (TPSA) is 70.6 Å². The molecule has 20 heavy (non-hydrogen) atoms. The maximum absolute atomic E-state index is 13.6. The van der Waals surface area contributed by atoms with Crippen LogP contribution in [0.1, 0.15) is 24.9 Å². The van der Waals surface area contributed by atoms with E-state index in [4.69, 9.17) is 9.84 Å². The van der Waals surface area contributed by atoms with Gasteiger partial charge in [0.25, 0.3) is 0 Å². The van der Waals surface area contributed by atoms with Gasteiger partial charge < -0.3 is 20.5 Å². The second-order valence-electron chi connectivity index (χ2n) is 4.47. The summed E-state index contributed by atoms with van der Waals surface area (Å²) in [4.78, 5) is 11.4. The molecule has 1 amide bonds. The smallest absolute Gasteiger partial charge is 0.221 e. The van der Waals surface area contributed by atoms with E-state index in [2.05, 4.69) is 10.6 Å². The highest BCUT2D eigenvalue weighted by Gasteiger charge is 2.11. The minimum Gasteiger partial charge on any atom is -0.508 e. The lowest BCUT2D eigenvalue weighted by Gasteiger charge is -2.15. The van der Waals surface area contributed by atoms with Gasteiger partial charge in [-0.05, 0) is 13.0 Å². The molecule has 3 N–H and O–H groups in total. The Morgan fingerprint density at radius 1 is 1.45 bits per heavy atom. The van der Waals surface area contributed by atoms with Crippen LogP contribution in [0.15, 0.2) is 18.2 Å². The van der Waals surface area contributed by atoms with Gasteiger partial charge in [-0.2, -0.15) is 0 Å². The van der Waals surface area contributed by atoms with Crippen LogP contribution < -0.4 is 10.6 Å². The summed E-state index contributed by atoms with van der Waals surface area (Å²) in [6.07, 6.45) is 0.313. The fourth-order valence-corrected chi connectivity index (χ4v) is 1.76. The van der Waals surface area contributed by atoms with Crippen LogP contribution in [-0.4, -0.2) is 37.8 Å². The molecule has 0 aliphatic rings. The number of nitrogens with one attached hydrogen (secondary N) is 2. The molecule has 0 aliphatic carbocycles. The molecule has 0 radical (unpaired) electrons. The molecule has 1 aromatic rings. The van der Waals surface area contributed by atoms with Crippen molar-refractivity contribution in [1.29, 1.82) is 0 Å². The van der Waals surface area contributed by atoms with E-state index in [1.165, 1.54) is 12.1 Å². The molecule has 0 fully saturated rings. The molecule has 1 atom stereocenters. The molecule has 0 heterocycles. The predicted octanol–water partition coefficient (Wildman–Crippen LogP) is 1.33. The van der Waals surface area contributed by atoms with Crippen molar-refractivity contribution < 1.29 is 19.0 Å². The van der Waals surface area contributed by atoms with E-state index in [9.17, 15) is 9.18 Å². The number of halogens is 1. The predicted molar refractivity (Wildman–Crippen MR) is 74.0 cm³/mol. The molecule has 0 saturated carbocycles. The number of carbonyl (C=O) groups excluding carboxylic acids is 1. The van der Waals surface area contributed by atoms with Crippen LogP contribution in [0.25, 0.3) is 0 Å². The summed E-state index contributed by atoms with van der Waals surface area (Å²) < 4.78 is 18.4. The van der Waals surface area contributed by atoms with E-state index in [0.717, 1.165) is 6.07 Å². The van der Waals surface area contributed by atoms with Crippen molar-refractivity contribution in [2.45, 2.75) is 19.4 Å². The fraction of sp³-hybridized carbons (Fsp3) is 0.500. The zero-order valence-corrected chi connectivity index (χ0v) is 11.8. The third kappa shape index (κ3) is 5.54. The van der Waals surface area contributed by atoms with Gasteiger partial charge in [0.1, 0.15) is 11.6 Å². The Morgan fingerprint density at radius 3 is 2.85 bits per heavy atom.